The van der Waals surface area contributed by atoms with E-state index < -0.39 is 0 Å². The Labute approximate surface area is 110 Å². The summed E-state index contributed by atoms with van der Waals surface area (Å²) in [6, 6.07) is 8.36. The average molecular weight is 258 g/mol. The number of benzene rings is 1. The quantitative estimate of drug-likeness (QED) is 0.828. The van der Waals surface area contributed by atoms with Gasteiger partial charge in [0, 0.05) is 18.5 Å². The normalized spacial score (nSPS) is 14.3. The van der Waals surface area contributed by atoms with E-state index in [0.717, 1.165) is 25.2 Å². The van der Waals surface area contributed by atoms with Gasteiger partial charge in [-0.3, -0.25) is 4.79 Å². The zero-order valence-electron chi connectivity index (χ0n) is 10.0. The Bertz CT molecular complexity index is 551. The fourth-order valence-corrected chi connectivity index (χ4v) is 2.86. The van der Waals surface area contributed by atoms with Gasteiger partial charge in [0.05, 0.1) is 17.6 Å². The molecule has 0 spiro atoms. The molecule has 3 nitrogen and oxygen atoms in total. The Morgan fingerprint density at radius 2 is 2.17 bits per heavy atom. The van der Waals surface area contributed by atoms with Crippen LogP contribution in [0.5, 0.6) is 0 Å². The van der Waals surface area contributed by atoms with Crippen molar-refractivity contribution in [1.82, 2.24) is 9.88 Å². The molecule has 3 rings (SSSR count). The Morgan fingerprint density at radius 3 is 2.94 bits per heavy atom. The molecule has 0 fully saturated rings. The molecule has 0 saturated carbocycles. The van der Waals surface area contributed by atoms with E-state index in [1.54, 1.807) is 5.51 Å². The Morgan fingerprint density at radius 1 is 1.33 bits per heavy atom. The van der Waals surface area contributed by atoms with Crippen molar-refractivity contribution in [3.8, 4) is 0 Å². The van der Waals surface area contributed by atoms with Gasteiger partial charge in [-0.05, 0) is 17.5 Å². The average Bonchev–Trinajstić information content (AvgIpc) is 2.91. The van der Waals surface area contributed by atoms with E-state index in [1.165, 1.54) is 22.5 Å². The van der Waals surface area contributed by atoms with Crippen molar-refractivity contribution in [2.45, 2.75) is 19.4 Å². The fraction of sp³-hybridized carbons (Fsp3) is 0.286. The molecule has 1 aliphatic heterocycles. The summed E-state index contributed by atoms with van der Waals surface area (Å²) in [6.45, 7) is 1.55. The molecular weight excluding hydrogens is 244 g/mol. The van der Waals surface area contributed by atoms with Gasteiger partial charge in [-0.15, -0.1) is 11.3 Å². The van der Waals surface area contributed by atoms with Crippen molar-refractivity contribution >= 4 is 17.2 Å². The van der Waals surface area contributed by atoms with Crippen LogP contribution in [0.15, 0.2) is 35.2 Å². The summed E-state index contributed by atoms with van der Waals surface area (Å²) >= 11 is 1.53. The number of hydrogen-bond acceptors (Lipinski definition) is 3. The van der Waals surface area contributed by atoms with Crippen LogP contribution < -0.4 is 0 Å². The summed E-state index contributed by atoms with van der Waals surface area (Å²) in [5.74, 6) is 0.176. The molecule has 0 bridgehead atoms. The fourth-order valence-electron chi connectivity index (χ4n) is 2.30. The van der Waals surface area contributed by atoms with E-state index in [1.807, 2.05) is 16.3 Å². The van der Waals surface area contributed by atoms with Crippen molar-refractivity contribution in [2.24, 2.45) is 0 Å². The number of thiazole rings is 1. The van der Waals surface area contributed by atoms with Crippen molar-refractivity contribution in [1.29, 1.82) is 0 Å². The topological polar surface area (TPSA) is 33.2 Å². The number of hydrogen-bond donors (Lipinski definition) is 0. The predicted molar refractivity (Wildman–Crippen MR) is 71.4 cm³/mol. The maximum Gasteiger partial charge on any atom is 0.228 e. The molecule has 92 valence electrons. The molecule has 1 aromatic heterocycles. The third-order valence-corrected chi connectivity index (χ3v) is 3.93. The van der Waals surface area contributed by atoms with Gasteiger partial charge in [-0.1, -0.05) is 24.3 Å². The summed E-state index contributed by atoms with van der Waals surface area (Å²) in [7, 11) is 0. The summed E-state index contributed by atoms with van der Waals surface area (Å²) in [5.41, 5.74) is 5.29. The molecule has 2 aromatic rings. The highest BCUT2D eigenvalue weighted by molar-refractivity contribution is 7.07. The molecule has 1 amide bonds. The first-order valence-corrected chi connectivity index (χ1v) is 6.99. The Hall–Kier alpha value is -1.68. The molecule has 18 heavy (non-hydrogen) atoms. The summed E-state index contributed by atoms with van der Waals surface area (Å²) in [4.78, 5) is 18.3. The van der Waals surface area contributed by atoms with Gasteiger partial charge in [0.15, 0.2) is 0 Å². The molecule has 1 aliphatic rings. The minimum atomic E-state index is 0.176. The number of nitrogens with zero attached hydrogens (tertiary/aromatic N) is 2. The van der Waals surface area contributed by atoms with Gasteiger partial charge >= 0.3 is 0 Å². The van der Waals surface area contributed by atoms with Gasteiger partial charge in [-0.2, -0.15) is 0 Å². The van der Waals surface area contributed by atoms with Crippen LogP contribution in [0.2, 0.25) is 0 Å². The SMILES string of the molecule is O=C(Cc1cscn1)N1CCc2ccccc2C1. The van der Waals surface area contributed by atoms with Crippen LogP contribution in [0.1, 0.15) is 16.8 Å². The minimum absolute atomic E-state index is 0.176. The highest BCUT2D eigenvalue weighted by Gasteiger charge is 2.20. The lowest BCUT2D eigenvalue weighted by molar-refractivity contribution is -0.131. The van der Waals surface area contributed by atoms with Crippen LogP contribution in [-0.4, -0.2) is 22.3 Å². The van der Waals surface area contributed by atoms with Crippen LogP contribution in [0, 0.1) is 0 Å². The summed E-state index contributed by atoms with van der Waals surface area (Å²) < 4.78 is 0. The van der Waals surface area contributed by atoms with Gasteiger partial charge in [0.1, 0.15) is 0 Å². The monoisotopic (exact) mass is 258 g/mol. The number of aromatic nitrogens is 1. The van der Waals surface area contributed by atoms with E-state index in [-0.39, 0.29) is 5.91 Å². The molecule has 0 aliphatic carbocycles. The summed E-state index contributed by atoms with van der Waals surface area (Å²) in [5, 5.41) is 1.94. The van der Waals surface area contributed by atoms with Crippen molar-refractivity contribution in [2.75, 3.05) is 6.54 Å². The van der Waals surface area contributed by atoms with Crippen molar-refractivity contribution in [3.63, 3.8) is 0 Å². The van der Waals surface area contributed by atoms with Gasteiger partial charge in [-0.25, -0.2) is 4.98 Å². The van der Waals surface area contributed by atoms with E-state index in [9.17, 15) is 4.79 Å². The van der Waals surface area contributed by atoms with Gasteiger partial charge in [0.2, 0.25) is 5.91 Å². The first kappa shape index (κ1) is 11.4. The minimum Gasteiger partial charge on any atom is -0.338 e. The lowest BCUT2D eigenvalue weighted by Crippen LogP contribution is -2.36. The van der Waals surface area contributed by atoms with Crippen LogP contribution in [-0.2, 0) is 24.2 Å². The maximum atomic E-state index is 12.2. The van der Waals surface area contributed by atoms with E-state index >= 15 is 0 Å². The maximum absolute atomic E-state index is 12.2. The van der Waals surface area contributed by atoms with E-state index in [4.69, 9.17) is 0 Å². The lowest BCUT2D eigenvalue weighted by Gasteiger charge is -2.28. The van der Waals surface area contributed by atoms with Crippen LogP contribution in [0.4, 0.5) is 0 Å². The standard InChI is InChI=1S/C14H14N2OS/c17-14(7-13-9-18-10-15-13)16-6-5-11-3-1-2-4-12(11)8-16/h1-4,9-10H,5-8H2. The highest BCUT2D eigenvalue weighted by Crippen LogP contribution is 2.19. The largest absolute Gasteiger partial charge is 0.338 e. The highest BCUT2D eigenvalue weighted by atomic mass is 32.1. The van der Waals surface area contributed by atoms with Crippen LogP contribution in [0.3, 0.4) is 0 Å². The molecule has 0 radical (unpaired) electrons. The molecule has 1 aromatic carbocycles. The van der Waals surface area contributed by atoms with Gasteiger partial charge in [0.25, 0.3) is 0 Å². The lowest BCUT2D eigenvalue weighted by atomic mass is 10.00. The zero-order chi connectivity index (χ0) is 12.4. The third-order valence-electron chi connectivity index (χ3n) is 3.30. The number of fused-ring (bicyclic) bond motifs is 1. The summed E-state index contributed by atoms with van der Waals surface area (Å²) in [6.07, 6.45) is 1.38. The van der Waals surface area contributed by atoms with E-state index in [0.29, 0.717) is 6.42 Å². The van der Waals surface area contributed by atoms with Crippen molar-refractivity contribution < 1.29 is 4.79 Å². The zero-order valence-corrected chi connectivity index (χ0v) is 10.8. The molecule has 0 N–H and O–H groups in total. The number of rotatable bonds is 2. The van der Waals surface area contributed by atoms with Crippen LogP contribution in [0.25, 0.3) is 0 Å². The van der Waals surface area contributed by atoms with E-state index in [2.05, 4.69) is 23.2 Å². The second-order valence-electron chi connectivity index (χ2n) is 4.49. The van der Waals surface area contributed by atoms with Gasteiger partial charge < -0.3 is 4.90 Å². The van der Waals surface area contributed by atoms with Crippen LogP contribution >= 0.6 is 11.3 Å². The Kier molecular flexibility index (Phi) is 3.11. The molecule has 4 heteroatoms. The first-order valence-electron chi connectivity index (χ1n) is 6.04. The third kappa shape index (κ3) is 2.29. The molecule has 0 saturated heterocycles. The second-order valence-corrected chi connectivity index (χ2v) is 5.21. The molecule has 2 heterocycles. The number of amides is 1. The Balaban J connectivity index is 1.70. The smallest absolute Gasteiger partial charge is 0.228 e. The molecular formula is C14H14N2OS. The number of carbonyl (C=O) groups excluding carboxylic acids is 1. The predicted octanol–water partition coefficient (Wildman–Crippen LogP) is 2.27. The number of carbonyl (C=O) groups is 1. The molecule has 0 unspecified atom stereocenters. The van der Waals surface area contributed by atoms with Crippen molar-refractivity contribution in [3.05, 3.63) is 52.0 Å². The first-order chi connectivity index (χ1) is 8.83. The second kappa shape index (κ2) is 4.90. The molecule has 0 atom stereocenters.